The number of piperidine rings is 1. The van der Waals surface area contributed by atoms with Crippen molar-refractivity contribution in [2.75, 3.05) is 32.1 Å². The molecule has 0 saturated carbocycles. The maximum Gasteiger partial charge on any atom is 0.146 e. The molecule has 1 aliphatic heterocycles. The van der Waals surface area contributed by atoms with Gasteiger partial charge in [-0.1, -0.05) is 11.6 Å². The van der Waals surface area contributed by atoms with Gasteiger partial charge in [0.1, 0.15) is 17.5 Å². The quantitative estimate of drug-likeness (QED) is 0.858. The van der Waals surface area contributed by atoms with Gasteiger partial charge in [0, 0.05) is 32.3 Å². The van der Waals surface area contributed by atoms with Crippen molar-refractivity contribution in [3.05, 3.63) is 35.0 Å². The molecule has 0 N–H and O–H groups in total. The number of rotatable bonds is 4. The Labute approximate surface area is 142 Å². The van der Waals surface area contributed by atoms with Crippen LogP contribution in [0.15, 0.2) is 18.3 Å². The molecule has 0 atom stereocenters. The molecule has 0 amide bonds. The van der Waals surface area contributed by atoms with Crippen LogP contribution in [0.1, 0.15) is 30.4 Å². The SMILES string of the molecule is CN(C)Cc1nnc(C2CCN(c3ccc(Cl)cn3)CC2)n1C. The molecule has 0 spiro atoms. The van der Waals surface area contributed by atoms with Crippen molar-refractivity contribution in [1.82, 2.24) is 24.6 Å². The molecule has 0 aliphatic carbocycles. The van der Waals surface area contributed by atoms with Crippen molar-refractivity contribution in [3.8, 4) is 0 Å². The van der Waals surface area contributed by atoms with Gasteiger partial charge in [-0.3, -0.25) is 0 Å². The van der Waals surface area contributed by atoms with Gasteiger partial charge in [-0.15, -0.1) is 10.2 Å². The first-order valence-corrected chi connectivity index (χ1v) is 8.32. The van der Waals surface area contributed by atoms with Gasteiger partial charge >= 0.3 is 0 Å². The Bertz CT molecular complexity index is 643. The number of aromatic nitrogens is 4. The summed E-state index contributed by atoms with van der Waals surface area (Å²) in [7, 11) is 6.17. The number of hydrogen-bond acceptors (Lipinski definition) is 5. The Balaban J connectivity index is 1.65. The van der Waals surface area contributed by atoms with Crippen LogP contribution in [-0.4, -0.2) is 51.8 Å². The van der Waals surface area contributed by atoms with Crippen LogP contribution in [-0.2, 0) is 13.6 Å². The lowest BCUT2D eigenvalue weighted by Gasteiger charge is -2.32. The second-order valence-electron chi connectivity index (χ2n) is 6.37. The highest BCUT2D eigenvalue weighted by Crippen LogP contribution is 2.29. The molecule has 0 unspecified atom stereocenters. The lowest BCUT2D eigenvalue weighted by atomic mass is 9.96. The van der Waals surface area contributed by atoms with E-state index in [2.05, 4.69) is 36.6 Å². The second-order valence-corrected chi connectivity index (χ2v) is 6.80. The highest BCUT2D eigenvalue weighted by Gasteiger charge is 2.25. The number of nitrogens with zero attached hydrogens (tertiary/aromatic N) is 6. The van der Waals surface area contributed by atoms with Gasteiger partial charge in [-0.05, 0) is 39.1 Å². The molecular weight excluding hydrogens is 312 g/mol. The molecule has 7 heteroatoms. The Kier molecular flexibility index (Phi) is 4.82. The van der Waals surface area contributed by atoms with Crippen molar-refractivity contribution in [3.63, 3.8) is 0 Å². The number of halogens is 1. The normalized spacial score (nSPS) is 16.3. The zero-order valence-electron chi connectivity index (χ0n) is 13.9. The lowest BCUT2D eigenvalue weighted by molar-refractivity contribution is 0.381. The van der Waals surface area contributed by atoms with Gasteiger partial charge in [-0.25, -0.2) is 4.98 Å². The minimum absolute atomic E-state index is 0.465. The summed E-state index contributed by atoms with van der Waals surface area (Å²) in [4.78, 5) is 8.83. The fourth-order valence-corrected chi connectivity index (χ4v) is 3.19. The molecule has 2 aromatic rings. The van der Waals surface area contributed by atoms with Gasteiger partial charge in [0.25, 0.3) is 0 Å². The zero-order valence-corrected chi connectivity index (χ0v) is 14.7. The standard InChI is InChI=1S/C16H23ClN6/c1-21(2)11-15-19-20-16(22(15)3)12-6-8-23(9-7-12)14-5-4-13(17)10-18-14/h4-5,10,12H,6-9,11H2,1-3H3. The maximum absolute atomic E-state index is 5.91. The predicted molar refractivity (Wildman–Crippen MR) is 91.8 cm³/mol. The zero-order chi connectivity index (χ0) is 16.4. The molecule has 1 saturated heterocycles. The molecule has 23 heavy (non-hydrogen) atoms. The van der Waals surface area contributed by atoms with Gasteiger partial charge in [0.15, 0.2) is 0 Å². The van der Waals surface area contributed by atoms with Crippen LogP contribution in [0.25, 0.3) is 0 Å². The van der Waals surface area contributed by atoms with E-state index >= 15 is 0 Å². The summed E-state index contributed by atoms with van der Waals surface area (Å²) in [5.41, 5.74) is 0. The van der Waals surface area contributed by atoms with E-state index in [-0.39, 0.29) is 0 Å². The van der Waals surface area contributed by atoms with Crippen LogP contribution < -0.4 is 4.90 Å². The Morgan fingerprint density at radius 1 is 1.22 bits per heavy atom. The molecule has 0 radical (unpaired) electrons. The summed E-state index contributed by atoms with van der Waals surface area (Å²) in [5, 5.41) is 9.46. The Morgan fingerprint density at radius 2 is 1.96 bits per heavy atom. The fraction of sp³-hybridized carbons (Fsp3) is 0.562. The first kappa shape index (κ1) is 16.2. The smallest absolute Gasteiger partial charge is 0.146 e. The summed E-state index contributed by atoms with van der Waals surface area (Å²) in [5.74, 6) is 3.59. The van der Waals surface area contributed by atoms with Crippen LogP contribution in [0.2, 0.25) is 5.02 Å². The molecule has 0 aromatic carbocycles. The fourth-order valence-electron chi connectivity index (χ4n) is 3.07. The Hall–Kier alpha value is -1.66. The minimum Gasteiger partial charge on any atom is -0.357 e. The van der Waals surface area contributed by atoms with Gasteiger partial charge in [-0.2, -0.15) is 0 Å². The van der Waals surface area contributed by atoms with E-state index in [1.807, 2.05) is 26.2 Å². The van der Waals surface area contributed by atoms with E-state index in [0.717, 1.165) is 49.9 Å². The first-order valence-electron chi connectivity index (χ1n) is 7.94. The second kappa shape index (κ2) is 6.84. The first-order chi connectivity index (χ1) is 11.0. The summed E-state index contributed by atoms with van der Waals surface area (Å²) < 4.78 is 2.15. The van der Waals surface area contributed by atoms with Crippen LogP contribution in [0.5, 0.6) is 0 Å². The summed E-state index contributed by atoms with van der Waals surface area (Å²) >= 11 is 5.91. The molecular formula is C16H23ClN6. The van der Waals surface area contributed by atoms with Crippen molar-refractivity contribution in [2.45, 2.75) is 25.3 Å². The largest absolute Gasteiger partial charge is 0.357 e. The number of anilines is 1. The van der Waals surface area contributed by atoms with E-state index in [9.17, 15) is 0 Å². The van der Waals surface area contributed by atoms with E-state index in [1.165, 1.54) is 0 Å². The van der Waals surface area contributed by atoms with Crippen LogP contribution in [0, 0.1) is 0 Å². The molecule has 0 bridgehead atoms. The predicted octanol–water partition coefficient (Wildman–Crippen LogP) is 2.31. The molecule has 3 rings (SSSR count). The van der Waals surface area contributed by atoms with E-state index in [0.29, 0.717) is 10.9 Å². The van der Waals surface area contributed by atoms with Gasteiger partial charge < -0.3 is 14.4 Å². The third kappa shape index (κ3) is 3.64. The highest BCUT2D eigenvalue weighted by atomic mass is 35.5. The topological polar surface area (TPSA) is 50.1 Å². The molecule has 2 aromatic heterocycles. The molecule has 1 aliphatic rings. The van der Waals surface area contributed by atoms with Crippen molar-refractivity contribution >= 4 is 17.4 Å². The van der Waals surface area contributed by atoms with E-state index < -0.39 is 0 Å². The minimum atomic E-state index is 0.465. The highest BCUT2D eigenvalue weighted by molar-refractivity contribution is 6.30. The van der Waals surface area contributed by atoms with Crippen molar-refractivity contribution in [1.29, 1.82) is 0 Å². The molecule has 3 heterocycles. The van der Waals surface area contributed by atoms with Crippen LogP contribution in [0.4, 0.5) is 5.82 Å². The average Bonchev–Trinajstić information content (AvgIpc) is 2.89. The van der Waals surface area contributed by atoms with Crippen LogP contribution >= 0.6 is 11.6 Å². The molecule has 124 valence electrons. The molecule has 6 nitrogen and oxygen atoms in total. The third-order valence-corrected chi connectivity index (χ3v) is 4.58. The number of pyridine rings is 1. The maximum atomic E-state index is 5.91. The van der Waals surface area contributed by atoms with Crippen LogP contribution in [0.3, 0.4) is 0 Å². The van der Waals surface area contributed by atoms with E-state index in [1.54, 1.807) is 6.20 Å². The Morgan fingerprint density at radius 3 is 2.57 bits per heavy atom. The molecule has 1 fully saturated rings. The summed E-state index contributed by atoms with van der Waals surface area (Å²) in [6.45, 7) is 2.78. The van der Waals surface area contributed by atoms with Crippen molar-refractivity contribution < 1.29 is 0 Å². The third-order valence-electron chi connectivity index (χ3n) is 4.35. The summed E-state index contributed by atoms with van der Waals surface area (Å²) in [6.07, 6.45) is 3.84. The average molecular weight is 335 g/mol. The summed E-state index contributed by atoms with van der Waals surface area (Å²) in [6, 6.07) is 3.88. The van der Waals surface area contributed by atoms with Gasteiger partial charge in [0.2, 0.25) is 0 Å². The monoisotopic (exact) mass is 334 g/mol. The number of hydrogen-bond donors (Lipinski definition) is 0. The van der Waals surface area contributed by atoms with Gasteiger partial charge in [0.05, 0.1) is 11.6 Å². The lowest BCUT2D eigenvalue weighted by Crippen LogP contribution is -2.34. The van der Waals surface area contributed by atoms with Crippen molar-refractivity contribution in [2.24, 2.45) is 7.05 Å². The van der Waals surface area contributed by atoms with E-state index in [4.69, 9.17) is 11.6 Å².